The lowest BCUT2D eigenvalue weighted by Crippen LogP contribution is -2.69. The minimum absolute atomic E-state index is 0.0155. The molecule has 3 aliphatic rings. The van der Waals surface area contributed by atoms with Gasteiger partial charge in [-0.1, -0.05) is 0 Å². The van der Waals surface area contributed by atoms with Crippen molar-refractivity contribution >= 4 is 11.6 Å². The zero-order chi connectivity index (χ0) is 15.3. The Hall–Kier alpha value is -2.44. The van der Waals surface area contributed by atoms with Crippen LogP contribution in [-0.2, 0) is 7.05 Å². The van der Waals surface area contributed by atoms with E-state index in [0.717, 1.165) is 36.8 Å². The minimum Gasteiger partial charge on any atom is -0.352 e. The number of piperidine rings is 1. The maximum absolute atomic E-state index is 11.8. The van der Waals surface area contributed by atoms with Crippen LogP contribution >= 0.6 is 0 Å². The number of fused-ring (bicyclic) bond motifs is 2. The van der Waals surface area contributed by atoms with Gasteiger partial charge in [-0.3, -0.25) is 4.79 Å². The van der Waals surface area contributed by atoms with Crippen LogP contribution in [0.1, 0.15) is 12.1 Å². The molecule has 5 rings (SSSR count). The van der Waals surface area contributed by atoms with Crippen molar-refractivity contribution in [3.63, 3.8) is 0 Å². The molecule has 0 radical (unpaired) electrons. The van der Waals surface area contributed by atoms with Crippen LogP contribution in [0.2, 0.25) is 0 Å². The molecule has 2 aromatic heterocycles. The van der Waals surface area contributed by atoms with Gasteiger partial charge in [-0.25, -0.2) is 15.0 Å². The van der Waals surface area contributed by atoms with E-state index in [1.54, 1.807) is 25.8 Å². The summed E-state index contributed by atoms with van der Waals surface area (Å²) < 4.78 is 1.50. The molecule has 5 heterocycles. The highest BCUT2D eigenvalue weighted by atomic mass is 16.1. The normalized spacial score (nSPS) is 23.4. The van der Waals surface area contributed by atoms with E-state index >= 15 is 0 Å². The number of nitrogens with zero attached hydrogens (tertiary/aromatic N) is 6. The van der Waals surface area contributed by atoms with E-state index in [9.17, 15) is 4.79 Å². The van der Waals surface area contributed by atoms with E-state index in [0.29, 0.717) is 12.1 Å². The highest BCUT2D eigenvalue weighted by Gasteiger charge is 2.45. The second-order valence-corrected chi connectivity index (χ2v) is 6.07. The standard InChI is InChI=1S/C15H18N6O/c1-10-3-13(17-8-16-10)20-6-11-4-12(7-20)21(11)14-5-15(22)19(2)9-18-14/h3,5,8-9,11-12H,4,6-7H2,1-2H3. The highest BCUT2D eigenvalue weighted by molar-refractivity contribution is 5.51. The number of hydrogen-bond acceptors (Lipinski definition) is 6. The molecule has 0 aromatic carbocycles. The molecule has 0 spiro atoms. The van der Waals surface area contributed by atoms with Gasteiger partial charge in [-0.2, -0.15) is 0 Å². The summed E-state index contributed by atoms with van der Waals surface area (Å²) in [5, 5.41) is 0. The van der Waals surface area contributed by atoms with Crippen LogP contribution in [0.25, 0.3) is 0 Å². The summed E-state index contributed by atoms with van der Waals surface area (Å²) in [4.78, 5) is 29.3. The molecule has 7 nitrogen and oxygen atoms in total. The fraction of sp³-hybridized carbons (Fsp3) is 0.467. The summed E-state index contributed by atoms with van der Waals surface area (Å²) in [5.74, 6) is 1.78. The van der Waals surface area contributed by atoms with Crippen molar-refractivity contribution in [2.45, 2.75) is 25.4 Å². The van der Waals surface area contributed by atoms with Gasteiger partial charge in [-0.05, 0) is 13.3 Å². The van der Waals surface area contributed by atoms with Crippen LogP contribution in [0.5, 0.6) is 0 Å². The fourth-order valence-electron chi connectivity index (χ4n) is 3.38. The maximum atomic E-state index is 11.8. The van der Waals surface area contributed by atoms with E-state index in [2.05, 4.69) is 24.8 Å². The molecule has 2 aromatic rings. The lowest BCUT2D eigenvalue weighted by Gasteiger charge is -2.57. The third-order valence-electron chi connectivity index (χ3n) is 4.53. The lowest BCUT2D eigenvalue weighted by atomic mass is 9.87. The summed E-state index contributed by atoms with van der Waals surface area (Å²) in [7, 11) is 1.72. The second kappa shape index (κ2) is 4.79. The van der Waals surface area contributed by atoms with Gasteiger partial charge >= 0.3 is 0 Å². The predicted octanol–water partition coefficient (Wildman–Crippen LogP) is 0.346. The van der Waals surface area contributed by atoms with Crippen molar-refractivity contribution < 1.29 is 0 Å². The monoisotopic (exact) mass is 298 g/mol. The van der Waals surface area contributed by atoms with Crippen LogP contribution in [-0.4, -0.2) is 44.7 Å². The zero-order valence-corrected chi connectivity index (χ0v) is 12.7. The van der Waals surface area contributed by atoms with Crippen molar-refractivity contribution in [3.8, 4) is 0 Å². The van der Waals surface area contributed by atoms with Crippen LogP contribution < -0.4 is 15.4 Å². The summed E-state index contributed by atoms with van der Waals surface area (Å²) in [6.07, 6.45) is 4.36. The average Bonchev–Trinajstić information content (AvgIpc) is 2.51. The Morgan fingerprint density at radius 1 is 1.09 bits per heavy atom. The van der Waals surface area contributed by atoms with Crippen LogP contribution in [0.4, 0.5) is 11.6 Å². The SMILES string of the molecule is Cc1cc(N2CC3CC(C2)N3c2cc(=O)n(C)cn2)ncn1. The van der Waals surface area contributed by atoms with Gasteiger partial charge < -0.3 is 14.4 Å². The largest absolute Gasteiger partial charge is 0.352 e. The predicted molar refractivity (Wildman–Crippen MR) is 83.1 cm³/mol. The molecule has 0 aliphatic carbocycles. The molecule has 3 saturated heterocycles. The molecule has 0 N–H and O–H groups in total. The molecule has 2 bridgehead atoms. The van der Waals surface area contributed by atoms with E-state index in [1.807, 2.05) is 13.0 Å². The number of hydrogen-bond donors (Lipinski definition) is 0. The van der Waals surface area contributed by atoms with Crippen LogP contribution in [0.3, 0.4) is 0 Å². The van der Waals surface area contributed by atoms with Crippen molar-refractivity contribution in [1.82, 2.24) is 19.5 Å². The van der Waals surface area contributed by atoms with Crippen molar-refractivity contribution in [2.75, 3.05) is 22.9 Å². The quantitative estimate of drug-likeness (QED) is 0.797. The smallest absolute Gasteiger partial charge is 0.255 e. The Morgan fingerprint density at radius 3 is 2.55 bits per heavy atom. The van der Waals surface area contributed by atoms with Gasteiger partial charge in [0.2, 0.25) is 0 Å². The van der Waals surface area contributed by atoms with Crippen molar-refractivity contribution in [1.29, 1.82) is 0 Å². The lowest BCUT2D eigenvalue weighted by molar-refractivity contribution is 0.287. The van der Waals surface area contributed by atoms with Gasteiger partial charge in [-0.15, -0.1) is 0 Å². The van der Waals surface area contributed by atoms with Crippen LogP contribution in [0.15, 0.2) is 29.6 Å². The molecule has 0 saturated carbocycles. The fourth-order valence-corrected chi connectivity index (χ4v) is 3.38. The zero-order valence-electron chi connectivity index (χ0n) is 12.7. The van der Waals surface area contributed by atoms with Crippen molar-refractivity contribution in [3.05, 3.63) is 40.8 Å². The Morgan fingerprint density at radius 2 is 1.86 bits per heavy atom. The molecular formula is C15H18N6O. The third-order valence-corrected chi connectivity index (χ3v) is 4.53. The summed E-state index contributed by atoms with van der Waals surface area (Å²) in [6.45, 7) is 3.79. The van der Waals surface area contributed by atoms with Gasteiger partial charge in [0, 0.05) is 38.0 Å². The first-order valence-corrected chi connectivity index (χ1v) is 7.46. The van der Waals surface area contributed by atoms with Gasteiger partial charge in [0.1, 0.15) is 18.0 Å². The summed E-state index contributed by atoms with van der Waals surface area (Å²) in [6, 6.07) is 4.44. The van der Waals surface area contributed by atoms with Gasteiger partial charge in [0.25, 0.3) is 5.56 Å². The molecule has 3 fully saturated rings. The number of aryl methyl sites for hydroxylation is 2. The topological polar surface area (TPSA) is 67.2 Å². The second-order valence-electron chi connectivity index (χ2n) is 6.07. The Bertz CT molecular complexity index is 761. The molecular weight excluding hydrogens is 280 g/mol. The summed E-state index contributed by atoms with van der Waals surface area (Å²) >= 11 is 0. The highest BCUT2D eigenvalue weighted by Crippen LogP contribution is 2.36. The van der Waals surface area contributed by atoms with E-state index in [-0.39, 0.29) is 5.56 Å². The first-order chi connectivity index (χ1) is 10.6. The van der Waals surface area contributed by atoms with Crippen LogP contribution in [0, 0.1) is 6.92 Å². The molecule has 7 heteroatoms. The average molecular weight is 298 g/mol. The molecule has 3 aliphatic heterocycles. The molecule has 0 amide bonds. The molecule has 2 unspecified atom stereocenters. The number of anilines is 2. The molecule has 114 valence electrons. The maximum Gasteiger partial charge on any atom is 0.255 e. The third kappa shape index (κ3) is 2.04. The Labute approximate surface area is 128 Å². The minimum atomic E-state index is -0.0155. The van der Waals surface area contributed by atoms with Gasteiger partial charge in [0.05, 0.1) is 18.4 Å². The van der Waals surface area contributed by atoms with Gasteiger partial charge in [0.15, 0.2) is 0 Å². The summed E-state index contributed by atoms with van der Waals surface area (Å²) in [5.41, 5.74) is 0.965. The molecule has 2 atom stereocenters. The van der Waals surface area contributed by atoms with Crippen molar-refractivity contribution in [2.24, 2.45) is 7.05 Å². The number of rotatable bonds is 2. The Kier molecular flexibility index (Phi) is 2.88. The van der Waals surface area contributed by atoms with E-state index < -0.39 is 0 Å². The Balaban J connectivity index is 1.55. The number of piperazine rings is 1. The van der Waals surface area contributed by atoms with E-state index in [1.165, 1.54) is 4.57 Å². The van der Waals surface area contributed by atoms with E-state index in [4.69, 9.17) is 0 Å². The number of aromatic nitrogens is 4. The first-order valence-electron chi connectivity index (χ1n) is 7.46. The molecule has 22 heavy (non-hydrogen) atoms. The first kappa shape index (κ1) is 13.2.